The lowest BCUT2D eigenvalue weighted by Gasteiger charge is -2.10. The van der Waals surface area contributed by atoms with E-state index in [4.69, 9.17) is 4.74 Å². The van der Waals surface area contributed by atoms with E-state index in [9.17, 15) is 9.00 Å². The van der Waals surface area contributed by atoms with Crippen LogP contribution in [-0.4, -0.2) is 33.1 Å². The SMILES string of the molecule is CCOC(=O)N=S(C)(=O)c1ccc(Nc2ncc(-c3cccs3)c(CC)n2)cc1. The summed E-state index contributed by atoms with van der Waals surface area (Å²) in [5, 5.41) is 5.19. The Morgan fingerprint density at radius 3 is 2.62 bits per heavy atom. The van der Waals surface area contributed by atoms with Crippen LogP contribution in [-0.2, 0) is 20.9 Å². The van der Waals surface area contributed by atoms with Gasteiger partial charge in [0.05, 0.1) is 22.0 Å². The monoisotopic (exact) mass is 430 g/mol. The minimum absolute atomic E-state index is 0.186. The van der Waals surface area contributed by atoms with E-state index in [0.29, 0.717) is 10.8 Å². The van der Waals surface area contributed by atoms with Crippen molar-refractivity contribution in [1.29, 1.82) is 0 Å². The number of carbonyl (C=O) groups excluding carboxylic acids is 1. The highest BCUT2D eigenvalue weighted by Crippen LogP contribution is 2.28. The molecule has 0 spiro atoms. The fourth-order valence-electron chi connectivity index (χ4n) is 2.65. The molecule has 0 saturated heterocycles. The van der Waals surface area contributed by atoms with Crippen molar-refractivity contribution in [2.45, 2.75) is 25.2 Å². The van der Waals surface area contributed by atoms with Gasteiger partial charge < -0.3 is 10.1 Å². The van der Waals surface area contributed by atoms with E-state index >= 15 is 0 Å². The summed E-state index contributed by atoms with van der Waals surface area (Å²) in [6.45, 7) is 3.92. The zero-order valence-corrected chi connectivity index (χ0v) is 18.0. The lowest BCUT2D eigenvalue weighted by molar-refractivity contribution is 0.164. The number of thiophene rings is 1. The Morgan fingerprint density at radius 2 is 2.00 bits per heavy atom. The Hall–Kier alpha value is -2.78. The molecule has 1 atom stereocenters. The van der Waals surface area contributed by atoms with E-state index in [1.54, 1.807) is 42.5 Å². The quantitative estimate of drug-likeness (QED) is 0.583. The molecule has 1 aromatic carbocycles. The molecule has 0 aliphatic rings. The third-order valence-corrected chi connectivity index (χ3v) is 6.60. The minimum atomic E-state index is -2.87. The van der Waals surface area contributed by atoms with Crippen molar-refractivity contribution in [3.8, 4) is 10.4 Å². The summed E-state index contributed by atoms with van der Waals surface area (Å²) in [7, 11) is -2.87. The maximum atomic E-state index is 12.7. The topological polar surface area (TPSA) is 93.5 Å². The third kappa shape index (κ3) is 5.18. The van der Waals surface area contributed by atoms with Crippen molar-refractivity contribution < 1.29 is 13.7 Å². The highest BCUT2D eigenvalue weighted by Gasteiger charge is 2.12. The highest BCUT2D eigenvalue weighted by atomic mass is 32.2. The van der Waals surface area contributed by atoms with Crippen LogP contribution in [0.3, 0.4) is 0 Å². The van der Waals surface area contributed by atoms with Gasteiger partial charge in [0.2, 0.25) is 5.95 Å². The maximum absolute atomic E-state index is 12.7. The largest absolute Gasteiger partial charge is 0.448 e. The molecule has 29 heavy (non-hydrogen) atoms. The molecule has 152 valence electrons. The van der Waals surface area contributed by atoms with Gasteiger partial charge in [0.15, 0.2) is 0 Å². The second-order valence-corrected chi connectivity index (χ2v) is 9.33. The standard InChI is InChI=1S/C20H22N4O3S2/c1-4-17-16(18-7-6-12-28-18)13-21-19(23-17)22-14-8-10-15(11-9-14)29(3,26)24-20(25)27-5-2/h6-13H,4-5H2,1-3H3,(H,21,22,23). The van der Waals surface area contributed by atoms with Crippen molar-refractivity contribution in [3.63, 3.8) is 0 Å². The minimum Gasteiger partial charge on any atom is -0.448 e. The zero-order valence-electron chi connectivity index (χ0n) is 16.4. The molecular formula is C20H22N4O3S2. The molecule has 3 rings (SSSR count). The molecule has 0 bridgehead atoms. The predicted molar refractivity (Wildman–Crippen MR) is 116 cm³/mol. The Labute approximate surface area is 174 Å². The number of hydrogen-bond donors (Lipinski definition) is 1. The lowest BCUT2D eigenvalue weighted by atomic mass is 10.1. The first-order valence-corrected chi connectivity index (χ1v) is 11.9. The van der Waals surface area contributed by atoms with Gasteiger partial charge in [-0.25, -0.2) is 19.0 Å². The predicted octanol–water partition coefficient (Wildman–Crippen LogP) is 5.12. The van der Waals surface area contributed by atoms with Crippen molar-refractivity contribution in [2.24, 2.45) is 4.36 Å². The average Bonchev–Trinajstić information content (AvgIpc) is 3.22. The van der Waals surface area contributed by atoms with Gasteiger partial charge in [0, 0.05) is 33.5 Å². The third-order valence-electron chi connectivity index (χ3n) is 4.05. The van der Waals surface area contributed by atoms with E-state index in [2.05, 4.69) is 32.6 Å². The van der Waals surface area contributed by atoms with Gasteiger partial charge in [0.1, 0.15) is 0 Å². The number of nitrogens with one attached hydrogen (secondary N) is 1. The molecule has 1 N–H and O–H groups in total. The van der Waals surface area contributed by atoms with Crippen LogP contribution in [0, 0.1) is 0 Å². The number of hydrogen-bond acceptors (Lipinski definition) is 7. The molecule has 0 fully saturated rings. The summed E-state index contributed by atoms with van der Waals surface area (Å²) in [6.07, 6.45) is 3.20. The summed E-state index contributed by atoms with van der Waals surface area (Å²) in [5.74, 6) is 0.489. The molecule has 2 aromatic heterocycles. The summed E-state index contributed by atoms with van der Waals surface area (Å²) < 4.78 is 21.1. The first-order valence-electron chi connectivity index (χ1n) is 9.08. The van der Waals surface area contributed by atoms with Gasteiger partial charge in [0.25, 0.3) is 0 Å². The normalized spacial score (nSPS) is 12.8. The van der Waals surface area contributed by atoms with Crippen LogP contribution in [0.25, 0.3) is 10.4 Å². The molecule has 0 radical (unpaired) electrons. The van der Waals surface area contributed by atoms with Gasteiger partial charge in [-0.1, -0.05) is 13.0 Å². The van der Waals surface area contributed by atoms with Crippen LogP contribution in [0.5, 0.6) is 0 Å². The lowest BCUT2D eigenvalue weighted by Crippen LogP contribution is -2.05. The molecule has 7 nitrogen and oxygen atoms in total. The summed E-state index contributed by atoms with van der Waals surface area (Å²) in [4.78, 5) is 22.1. The van der Waals surface area contributed by atoms with E-state index < -0.39 is 15.8 Å². The van der Waals surface area contributed by atoms with Crippen molar-refractivity contribution >= 4 is 38.8 Å². The van der Waals surface area contributed by atoms with E-state index in [1.807, 2.05) is 17.6 Å². The second kappa shape index (κ2) is 9.15. The van der Waals surface area contributed by atoms with Crippen molar-refractivity contribution in [3.05, 3.63) is 53.7 Å². The maximum Gasteiger partial charge on any atom is 0.442 e. The number of amides is 1. The van der Waals surface area contributed by atoms with E-state index in [1.165, 1.54) is 6.26 Å². The fourth-order valence-corrected chi connectivity index (χ4v) is 4.49. The fraction of sp³-hybridized carbons (Fsp3) is 0.250. The van der Waals surface area contributed by atoms with Gasteiger partial charge in [-0.05, 0) is 49.1 Å². The van der Waals surface area contributed by atoms with E-state index in [-0.39, 0.29) is 6.61 Å². The van der Waals surface area contributed by atoms with Gasteiger partial charge in [-0.3, -0.25) is 0 Å². The van der Waals surface area contributed by atoms with E-state index in [0.717, 1.165) is 28.2 Å². The summed E-state index contributed by atoms with van der Waals surface area (Å²) in [6, 6.07) is 10.9. The smallest absolute Gasteiger partial charge is 0.442 e. The molecule has 2 heterocycles. The molecular weight excluding hydrogens is 408 g/mol. The molecule has 0 aliphatic carbocycles. The average molecular weight is 431 g/mol. The molecule has 3 aromatic rings. The van der Waals surface area contributed by atoms with Gasteiger partial charge >= 0.3 is 6.09 Å². The van der Waals surface area contributed by atoms with Crippen LogP contribution in [0.4, 0.5) is 16.4 Å². The Bertz CT molecular complexity index is 1100. The molecule has 1 unspecified atom stereocenters. The van der Waals surface area contributed by atoms with Crippen LogP contribution in [0.1, 0.15) is 19.5 Å². The highest BCUT2D eigenvalue weighted by molar-refractivity contribution is 7.93. The number of benzene rings is 1. The van der Waals surface area contributed by atoms with Crippen molar-refractivity contribution in [2.75, 3.05) is 18.2 Å². The van der Waals surface area contributed by atoms with Gasteiger partial charge in [-0.2, -0.15) is 0 Å². The number of aryl methyl sites for hydroxylation is 1. The Balaban J connectivity index is 1.80. The number of anilines is 2. The summed E-state index contributed by atoms with van der Waals surface area (Å²) >= 11 is 1.66. The molecule has 0 saturated carbocycles. The molecule has 0 aliphatic heterocycles. The van der Waals surface area contributed by atoms with Crippen LogP contribution < -0.4 is 5.32 Å². The number of aromatic nitrogens is 2. The second-order valence-electron chi connectivity index (χ2n) is 6.13. The number of carbonyl (C=O) groups is 1. The van der Waals surface area contributed by atoms with Crippen LogP contribution >= 0.6 is 11.3 Å². The Kier molecular flexibility index (Phi) is 6.60. The summed E-state index contributed by atoms with van der Waals surface area (Å²) in [5.41, 5.74) is 2.74. The number of nitrogens with zero attached hydrogens (tertiary/aromatic N) is 3. The van der Waals surface area contributed by atoms with Crippen LogP contribution in [0.2, 0.25) is 0 Å². The first-order chi connectivity index (χ1) is 13.9. The van der Waals surface area contributed by atoms with Gasteiger partial charge in [-0.15, -0.1) is 15.7 Å². The first kappa shape index (κ1) is 20.9. The Morgan fingerprint density at radius 1 is 1.24 bits per heavy atom. The molecule has 9 heteroatoms. The number of ether oxygens (including phenoxy) is 1. The van der Waals surface area contributed by atoms with Crippen molar-refractivity contribution in [1.82, 2.24) is 9.97 Å². The van der Waals surface area contributed by atoms with Crippen LogP contribution in [0.15, 0.2) is 57.2 Å². The number of rotatable bonds is 6. The molecule has 1 amide bonds. The zero-order chi connectivity index (χ0) is 20.9.